The van der Waals surface area contributed by atoms with Gasteiger partial charge in [-0.3, -0.25) is 4.79 Å². The molecule has 0 aromatic heterocycles. The van der Waals surface area contributed by atoms with Crippen molar-refractivity contribution in [3.05, 3.63) is 59.9 Å². The number of hydrogen-bond acceptors (Lipinski definition) is 3. The predicted octanol–water partition coefficient (Wildman–Crippen LogP) is 2.44. The SMILES string of the molecule is O=C1C[C@@H](CNS(=O)(=O)c2ccc(F)cc2F)CN1c1ccc(F)cc1. The van der Waals surface area contributed by atoms with E-state index < -0.39 is 32.4 Å². The fraction of sp³-hybridized carbons (Fsp3) is 0.235. The van der Waals surface area contributed by atoms with E-state index in [4.69, 9.17) is 0 Å². The maximum atomic E-state index is 13.7. The number of benzene rings is 2. The maximum Gasteiger partial charge on any atom is 0.243 e. The number of amides is 1. The van der Waals surface area contributed by atoms with Crippen molar-refractivity contribution in [3.63, 3.8) is 0 Å². The molecule has 26 heavy (non-hydrogen) atoms. The normalized spacial score (nSPS) is 17.7. The van der Waals surface area contributed by atoms with Crippen LogP contribution in [0.3, 0.4) is 0 Å². The molecule has 138 valence electrons. The van der Waals surface area contributed by atoms with Crippen LogP contribution in [0.2, 0.25) is 0 Å². The van der Waals surface area contributed by atoms with Crippen LogP contribution in [0.5, 0.6) is 0 Å². The van der Waals surface area contributed by atoms with E-state index in [1.165, 1.54) is 29.2 Å². The van der Waals surface area contributed by atoms with Gasteiger partial charge in [-0.05, 0) is 42.3 Å². The molecule has 1 saturated heterocycles. The molecule has 0 spiro atoms. The number of nitrogens with one attached hydrogen (secondary N) is 1. The van der Waals surface area contributed by atoms with Gasteiger partial charge in [0.25, 0.3) is 0 Å². The third-order valence-corrected chi connectivity index (χ3v) is 5.55. The second-order valence-electron chi connectivity index (χ2n) is 5.98. The topological polar surface area (TPSA) is 66.5 Å². The highest BCUT2D eigenvalue weighted by atomic mass is 32.2. The number of hydrogen-bond donors (Lipinski definition) is 1. The number of sulfonamides is 1. The van der Waals surface area contributed by atoms with Gasteiger partial charge < -0.3 is 4.90 Å². The van der Waals surface area contributed by atoms with Crippen molar-refractivity contribution in [1.29, 1.82) is 0 Å². The minimum absolute atomic E-state index is 0.0808. The molecular weight excluding hydrogens is 369 g/mol. The van der Waals surface area contributed by atoms with E-state index in [-0.39, 0.29) is 31.3 Å². The molecule has 0 unspecified atom stereocenters. The molecule has 0 radical (unpaired) electrons. The lowest BCUT2D eigenvalue weighted by atomic mass is 10.1. The number of anilines is 1. The fourth-order valence-corrected chi connectivity index (χ4v) is 3.96. The number of nitrogens with zero attached hydrogens (tertiary/aromatic N) is 1. The molecule has 1 aliphatic rings. The van der Waals surface area contributed by atoms with Crippen molar-refractivity contribution >= 4 is 21.6 Å². The van der Waals surface area contributed by atoms with Gasteiger partial charge in [-0.1, -0.05) is 0 Å². The third-order valence-electron chi connectivity index (χ3n) is 4.09. The van der Waals surface area contributed by atoms with Crippen LogP contribution in [0.25, 0.3) is 0 Å². The van der Waals surface area contributed by atoms with Gasteiger partial charge in [0.05, 0.1) is 0 Å². The summed E-state index contributed by atoms with van der Waals surface area (Å²) in [5, 5.41) is 0. The van der Waals surface area contributed by atoms with Crippen molar-refractivity contribution in [3.8, 4) is 0 Å². The third kappa shape index (κ3) is 3.88. The maximum absolute atomic E-state index is 13.7. The van der Waals surface area contributed by atoms with Gasteiger partial charge in [-0.15, -0.1) is 0 Å². The second kappa shape index (κ2) is 7.08. The Morgan fingerprint density at radius 3 is 2.35 bits per heavy atom. The Morgan fingerprint density at radius 1 is 1.04 bits per heavy atom. The van der Waals surface area contributed by atoms with Crippen LogP contribution in [-0.2, 0) is 14.8 Å². The highest BCUT2D eigenvalue weighted by molar-refractivity contribution is 7.89. The Balaban J connectivity index is 1.66. The molecule has 1 heterocycles. The second-order valence-corrected chi connectivity index (χ2v) is 7.71. The molecule has 0 bridgehead atoms. The lowest BCUT2D eigenvalue weighted by Crippen LogP contribution is -2.31. The first-order valence-electron chi connectivity index (χ1n) is 7.77. The molecule has 3 rings (SSSR count). The van der Waals surface area contributed by atoms with E-state index in [0.29, 0.717) is 11.8 Å². The zero-order chi connectivity index (χ0) is 18.9. The molecule has 1 amide bonds. The van der Waals surface area contributed by atoms with Crippen LogP contribution >= 0.6 is 0 Å². The van der Waals surface area contributed by atoms with Crippen LogP contribution in [-0.4, -0.2) is 27.4 Å². The highest BCUT2D eigenvalue weighted by Gasteiger charge is 2.32. The first kappa shape index (κ1) is 18.4. The quantitative estimate of drug-likeness (QED) is 0.861. The van der Waals surface area contributed by atoms with Gasteiger partial charge in [-0.25, -0.2) is 26.3 Å². The molecule has 5 nitrogen and oxygen atoms in total. The van der Waals surface area contributed by atoms with Crippen LogP contribution in [0.1, 0.15) is 6.42 Å². The summed E-state index contributed by atoms with van der Waals surface area (Å²) in [5.41, 5.74) is 0.520. The average molecular weight is 384 g/mol. The summed E-state index contributed by atoms with van der Waals surface area (Å²) in [5.74, 6) is -3.03. The number of carbonyl (C=O) groups excluding carboxylic acids is 1. The summed E-state index contributed by atoms with van der Waals surface area (Å²) >= 11 is 0. The monoisotopic (exact) mass is 384 g/mol. The fourth-order valence-electron chi connectivity index (χ4n) is 2.79. The first-order valence-corrected chi connectivity index (χ1v) is 9.25. The minimum Gasteiger partial charge on any atom is -0.312 e. The van der Waals surface area contributed by atoms with Crippen molar-refractivity contribution in [2.24, 2.45) is 5.92 Å². The van der Waals surface area contributed by atoms with E-state index in [0.717, 1.165) is 12.1 Å². The molecule has 2 aromatic carbocycles. The predicted molar refractivity (Wildman–Crippen MR) is 88.4 cm³/mol. The van der Waals surface area contributed by atoms with Crippen LogP contribution in [0, 0.1) is 23.4 Å². The summed E-state index contributed by atoms with van der Waals surface area (Å²) in [4.78, 5) is 12.9. The van der Waals surface area contributed by atoms with Gasteiger partial charge in [-0.2, -0.15) is 0 Å². The molecule has 1 N–H and O–H groups in total. The molecular formula is C17H15F3N2O3S. The number of halogens is 3. The summed E-state index contributed by atoms with van der Waals surface area (Å²) in [6.07, 6.45) is 0.103. The summed E-state index contributed by atoms with van der Waals surface area (Å²) in [6.45, 7) is 0.168. The molecule has 1 fully saturated rings. The summed E-state index contributed by atoms with van der Waals surface area (Å²) in [7, 11) is -4.17. The van der Waals surface area contributed by atoms with Crippen LogP contribution in [0.4, 0.5) is 18.9 Å². The van der Waals surface area contributed by atoms with Gasteiger partial charge in [0, 0.05) is 31.3 Å². The zero-order valence-corrected chi connectivity index (χ0v) is 14.3. The van der Waals surface area contributed by atoms with E-state index in [9.17, 15) is 26.4 Å². The number of carbonyl (C=O) groups is 1. The van der Waals surface area contributed by atoms with E-state index in [1.807, 2.05) is 0 Å². The van der Waals surface area contributed by atoms with Crippen molar-refractivity contribution in [2.75, 3.05) is 18.0 Å². The van der Waals surface area contributed by atoms with Crippen molar-refractivity contribution in [1.82, 2.24) is 4.72 Å². The van der Waals surface area contributed by atoms with Gasteiger partial charge in [0.15, 0.2) is 0 Å². The van der Waals surface area contributed by atoms with E-state index in [2.05, 4.69) is 4.72 Å². The largest absolute Gasteiger partial charge is 0.312 e. The molecule has 0 saturated carbocycles. The van der Waals surface area contributed by atoms with Crippen molar-refractivity contribution < 1.29 is 26.4 Å². The van der Waals surface area contributed by atoms with Crippen molar-refractivity contribution in [2.45, 2.75) is 11.3 Å². The molecule has 1 aliphatic heterocycles. The molecule has 9 heteroatoms. The van der Waals surface area contributed by atoms with E-state index >= 15 is 0 Å². The zero-order valence-electron chi connectivity index (χ0n) is 13.5. The van der Waals surface area contributed by atoms with Gasteiger partial charge >= 0.3 is 0 Å². The van der Waals surface area contributed by atoms with Gasteiger partial charge in [0.1, 0.15) is 22.3 Å². The van der Waals surface area contributed by atoms with Crippen LogP contribution < -0.4 is 9.62 Å². The standard InChI is InChI=1S/C17H15F3N2O3S/c18-12-1-4-14(5-2-12)22-10-11(7-17(22)23)9-21-26(24,25)16-6-3-13(19)8-15(16)20/h1-6,8,11,21H,7,9-10H2/t11-/m0/s1. The lowest BCUT2D eigenvalue weighted by molar-refractivity contribution is -0.117. The Labute approximate surface area is 148 Å². The number of rotatable bonds is 5. The van der Waals surface area contributed by atoms with E-state index in [1.54, 1.807) is 0 Å². The van der Waals surface area contributed by atoms with Crippen LogP contribution in [0.15, 0.2) is 47.4 Å². The molecule has 1 atom stereocenters. The summed E-state index contributed by atoms with van der Waals surface area (Å²) < 4.78 is 66.2. The average Bonchev–Trinajstić information content (AvgIpc) is 2.94. The Kier molecular flexibility index (Phi) is 5.01. The van der Waals surface area contributed by atoms with Gasteiger partial charge in [0.2, 0.25) is 15.9 Å². The smallest absolute Gasteiger partial charge is 0.243 e. The lowest BCUT2D eigenvalue weighted by Gasteiger charge is -2.17. The Hall–Kier alpha value is -2.39. The molecule has 2 aromatic rings. The molecule has 0 aliphatic carbocycles. The first-order chi connectivity index (χ1) is 12.3. The Morgan fingerprint density at radius 2 is 1.69 bits per heavy atom. The highest BCUT2D eigenvalue weighted by Crippen LogP contribution is 2.25. The Bertz CT molecular complexity index is 933. The summed E-state index contributed by atoms with van der Waals surface area (Å²) in [6, 6.07) is 7.59. The minimum atomic E-state index is -4.17.